The number of hydrogen-bond donors (Lipinski definition) is 1. The first-order valence-electron chi connectivity index (χ1n) is 9.68. The van der Waals surface area contributed by atoms with E-state index in [9.17, 15) is 9.46 Å². The molecular formula is C22H41O2PSi. The largest absolute Gasteiger partial charge is 0.341 e. The highest BCUT2D eigenvalue weighted by Crippen LogP contribution is 2.48. The fourth-order valence-corrected chi connectivity index (χ4v) is 10.6. The molecule has 2 nitrogen and oxygen atoms in total. The molecule has 0 aliphatic heterocycles. The van der Waals surface area contributed by atoms with Crippen LogP contribution in [0.5, 0.6) is 0 Å². The summed E-state index contributed by atoms with van der Waals surface area (Å²) in [6, 6.07) is 4.38. The van der Waals surface area contributed by atoms with Gasteiger partial charge >= 0.3 is 0 Å². The summed E-state index contributed by atoms with van der Waals surface area (Å²) < 4.78 is 13.7. The minimum absolute atomic E-state index is 0.00322. The molecule has 0 radical (unpaired) electrons. The number of benzene rings is 1. The van der Waals surface area contributed by atoms with Gasteiger partial charge in [0.05, 0.1) is 8.07 Å². The van der Waals surface area contributed by atoms with E-state index in [0.29, 0.717) is 5.79 Å². The Morgan fingerprint density at radius 1 is 0.808 bits per heavy atom. The van der Waals surface area contributed by atoms with Gasteiger partial charge in [-0.05, 0) is 32.9 Å². The molecule has 0 saturated heterocycles. The molecule has 4 heteroatoms. The van der Waals surface area contributed by atoms with Gasteiger partial charge in [0.25, 0.3) is 0 Å². The third-order valence-electron chi connectivity index (χ3n) is 4.63. The van der Waals surface area contributed by atoms with Crippen LogP contribution in [0.4, 0.5) is 0 Å². The average molecular weight is 397 g/mol. The van der Waals surface area contributed by atoms with Crippen LogP contribution in [0.2, 0.25) is 19.6 Å². The highest BCUT2D eigenvalue weighted by molar-refractivity contribution is 7.68. The van der Waals surface area contributed by atoms with Crippen molar-refractivity contribution in [1.29, 1.82) is 0 Å². The predicted octanol–water partition coefficient (Wildman–Crippen LogP) is 6.35. The maximum atomic E-state index is 13.7. The summed E-state index contributed by atoms with van der Waals surface area (Å²) in [7, 11) is -5.15. The molecule has 1 rings (SSSR count). The molecule has 0 aliphatic rings. The van der Waals surface area contributed by atoms with E-state index in [0.717, 1.165) is 16.4 Å². The van der Waals surface area contributed by atoms with Gasteiger partial charge in [-0.1, -0.05) is 94.1 Å². The Hall–Kier alpha value is -0.373. The number of rotatable bonds is 3. The average Bonchev–Trinajstić information content (AvgIpc) is 2.30. The lowest BCUT2D eigenvalue weighted by molar-refractivity contribution is 0.488. The van der Waals surface area contributed by atoms with Crippen molar-refractivity contribution in [2.24, 2.45) is 0 Å². The topological polar surface area (TPSA) is 37.3 Å². The van der Waals surface area contributed by atoms with Gasteiger partial charge in [0.15, 0.2) is 0 Å². The Kier molecular flexibility index (Phi) is 6.28. The van der Waals surface area contributed by atoms with E-state index in [1.165, 1.54) is 5.56 Å². The fourth-order valence-electron chi connectivity index (χ4n) is 3.31. The van der Waals surface area contributed by atoms with E-state index < -0.39 is 15.4 Å². The summed E-state index contributed by atoms with van der Waals surface area (Å²) in [5, 5.41) is 0.730. The quantitative estimate of drug-likeness (QED) is 0.477. The smallest absolute Gasteiger partial charge is 0.227 e. The molecular weight excluding hydrogens is 355 g/mol. The van der Waals surface area contributed by atoms with Gasteiger partial charge in [0.2, 0.25) is 7.37 Å². The van der Waals surface area contributed by atoms with Crippen LogP contribution in [0.15, 0.2) is 12.1 Å². The summed E-state index contributed by atoms with van der Waals surface area (Å²) in [5.41, 5.74) is 2.95. The Bertz CT molecular complexity index is 673. The van der Waals surface area contributed by atoms with Crippen molar-refractivity contribution >= 4 is 20.7 Å². The summed E-state index contributed by atoms with van der Waals surface area (Å²) in [6.07, 6.45) is 0. The molecule has 0 spiro atoms. The molecule has 0 fully saturated rings. The molecule has 0 heterocycles. The maximum Gasteiger partial charge on any atom is 0.227 e. The van der Waals surface area contributed by atoms with Crippen molar-refractivity contribution in [3.63, 3.8) is 0 Å². The SMILES string of the molecule is CC(C)(C)c1cc(C(C)(C)C)c(P(=O)(O)C[Si](C)(C)C)c(C(C)(C)C)c1. The first-order valence-corrected chi connectivity index (χ1v) is 15.2. The van der Waals surface area contributed by atoms with Crippen molar-refractivity contribution < 1.29 is 9.46 Å². The van der Waals surface area contributed by atoms with Crippen LogP contribution < -0.4 is 5.30 Å². The van der Waals surface area contributed by atoms with Crippen molar-refractivity contribution in [2.45, 2.75) is 98.2 Å². The number of hydrogen-bond acceptors (Lipinski definition) is 1. The van der Waals surface area contributed by atoms with E-state index in [1.807, 2.05) is 0 Å². The first kappa shape index (κ1) is 23.7. The van der Waals surface area contributed by atoms with Crippen LogP contribution in [0.25, 0.3) is 0 Å². The fraction of sp³-hybridized carbons (Fsp3) is 0.727. The summed E-state index contributed by atoms with van der Waals surface area (Å²) in [4.78, 5) is 11.3. The molecule has 0 aliphatic carbocycles. The molecule has 0 saturated carbocycles. The van der Waals surface area contributed by atoms with Gasteiger partial charge in [-0.2, -0.15) is 0 Å². The van der Waals surface area contributed by atoms with Crippen molar-refractivity contribution in [1.82, 2.24) is 0 Å². The lowest BCUT2D eigenvalue weighted by atomic mass is 9.75. The van der Waals surface area contributed by atoms with E-state index in [4.69, 9.17) is 0 Å². The Morgan fingerprint density at radius 3 is 1.38 bits per heavy atom. The lowest BCUT2D eigenvalue weighted by Gasteiger charge is -2.36. The van der Waals surface area contributed by atoms with Crippen LogP contribution in [0.3, 0.4) is 0 Å². The van der Waals surface area contributed by atoms with Gasteiger partial charge < -0.3 is 4.89 Å². The molecule has 1 unspecified atom stereocenters. The normalized spacial score (nSPS) is 16.5. The molecule has 0 bridgehead atoms. The van der Waals surface area contributed by atoms with Gasteiger partial charge in [0, 0.05) is 11.1 Å². The third-order valence-corrected chi connectivity index (χ3v) is 11.3. The third kappa shape index (κ3) is 5.81. The molecule has 1 N–H and O–H groups in total. The molecule has 1 atom stereocenters. The van der Waals surface area contributed by atoms with E-state index in [-0.39, 0.29) is 16.2 Å². The molecule has 0 amide bonds. The van der Waals surface area contributed by atoms with Crippen molar-refractivity contribution in [3.05, 3.63) is 28.8 Å². The monoisotopic (exact) mass is 396 g/mol. The molecule has 1 aromatic carbocycles. The highest BCUT2D eigenvalue weighted by atomic mass is 31.2. The second kappa shape index (κ2) is 6.90. The standard InChI is InChI=1S/C22H41O2PSi/c1-20(2,3)16-13-17(21(4,5)6)19(18(14-16)22(7,8)9)25(23,24)15-26(10,11)12/h13-14H,15H2,1-12H3,(H,23,24). The molecule has 26 heavy (non-hydrogen) atoms. The van der Waals surface area contributed by atoms with Crippen LogP contribution in [-0.4, -0.2) is 18.8 Å². The Labute approximate surface area is 163 Å². The Balaban J connectivity index is 4.01. The Morgan fingerprint density at radius 2 is 1.15 bits per heavy atom. The first-order chi connectivity index (χ1) is 11.2. The maximum absolute atomic E-state index is 13.7. The van der Waals surface area contributed by atoms with Crippen molar-refractivity contribution in [3.8, 4) is 0 Å². The van der Waals surface area contributed by atoms with E-state index >= 15 is 0 Å². The lowest BCUT2D eigenvalue weighted by Crippen LogP contribution is -2.36. The second-order valence-corrected chi connectivity index (χ2v) is 20.3. The predicted molar refractivity (Wildman–Crippen MR) is 120 cm³/mol. The molecule has 150 valence electrons. The van der Waals surface area contributed by atoms with Gasteiger partial charge in [-0.3, -0.25) is 4.57 Å². The summed E-state index contributed by atoms with van der Waals surface area (Å²) in [6.45, 7) is 26.1. The van der Waals surface area contributed by atoms with Gasteiger partial charge in [0.1, 0.15) is 0 Å². The van der Waals surface area contributed by atoms with Gasteiger partial charge in [-0.15, -0.1) is 0 Å². The highest BCUT2D eigenvalue weighted by Gasteiger charge is 2.39. The zero-order valence-corrected chi connectivity index (χ0v) is 21.1. The minimum Gasteiger partial charge on any atom is -0.341 e. The molecule has 1 aromatic rings. The van der Waals surface area contributed by atoms with E-state index in [2.05, 4.69) is 94.1 Å². The van der Waals surface area contributed by atoms with Crippen LogP contribution >= 0.6 is 7.37 Å². The van der Waals surface area contributed by atoms with Crippen LogP contribution in [0.1, 0.15) is 79.0 Å². The summed E-state index contributed by atoms with van der Waals surface area (Å²) >= 11 is 0. The molecule has 0 aromatic heterocycles. The minimum atomic E-state index is -3.44. The van der Waals surface area contributed by atoms with Gasteiger partial charge in [-0.25, -0.2) is 0 Å². The zero-order valence-electron chi connectivity index (χ0n) is 19.2. The second-order valence-electron chi connectivity index (χ2n) is 12.1. The van der Waals surface area contributed by atoms with Crippen molar-refractivity contribution in [2.75, 3.05) is 5.79 Å². The zero-order chi connectivity index (χ0) is 20.9. The van der Waals surface area contributed by atoms with Crippen LogP contribution in [0, 0.1) is 0 Å². The van der Waals surface area contributed by atoms with E-state index in [1.54, 1.807) is 0 Å². The van der Waals surface area contributed by atoms with Crippen LogP contribution in [-0.2, 0) is 20.8 Å². The summed E-state index contributed by atoms with van der Waals surface area (Å²) in [5.74, 6) is 0.432.